The lowest BCUT2D eigenvalue weighted by Crippen LogP contribution is -2.60. The number of alkyl halides is 1. The highest BCUT2D eigenvalue weighted by Gasteiger charge is 2.69. The summed E-state index contributed by atoms with van der Waals surface area (Å²) in [4.78, 5) is 25.3. The molecule has 1 unspecified atom stereocenters. The first-order valence-electron chi connectivity index (χ1n) is 9.51. The number of phosphoric ester groups is 1. The van der Waals surface area contributed by atoms with Crippen molar-refractivity contribution >= 4 is 31.4 Å². The Morgan fingerprint density at radius 2 is 2.00 bits per heavy atom. The zero-order valence-corrected chi connectivity index (χ0v) is 18.3. The van der Waals surface area contributed by atoms with Crippen molar-refractivity contribution in [3.63, 3.8) is 0 Å². The van der Waals surface area contributed by atoms with Crippen LogP contribution in [-0.4, -0.2) is 73.9 Å². The third kappa shape index (κ3) is 3.74. The molecule has 174 valence electrons. The number of H-pyrrole nitrogens is 1. The van der Waals surface area contributed by atoms with Crippen LogP contribution in [0, 0.1) is 0 Å². The van der Waals surface area contributed by atoms with Crippen molar-refractivity contribution in [2.75, 3.05) is 7.11 Å². The van der Waals surface area contributed by atoms with Gasteiger partial charge < -0.3 is 24.2 Å². The molecule has 3 heterocycles. The van der Waals surface area contributed by atoms with Crippen LogP contribution in [0.1, 0.15) is 5.56 Å². The maximum Gasteiger partial charge on any atom is 0.529 e. The first-order chi connectivity index (χ1) is 15.8. The summed E-state index contributed by atoms with van der Waals surface area (Å²) in [5, 5.41) is 17.5. The van der Waals surface area contributed by atoms with Gasteiger partial charge in [-0.1, -0.05) is 12.1 Å². The van der Waals surface area contributed by atoms with Gasteiger partial charge in [0.05, 0.1) is 19.1 Å². The molecule has 2 aromatic rings. The topological polar surface area (TPSA) is 159 Å². The predicted molar refractivity (Wildman–Crippen MR) is 113 cm³/mol. The molecule has 12 nitrogen and oxygen atoms in total. The number of aromatic nitrogens is 2. The Morgan fingerprint density at radius 3 is 2.65 bits per heavy atom. The fraction of sp³-hybridized carbons (Fsp3) is 0.412. The molecule has 6 radical (unpaired) electrons. The van der Waals surface area contributed by atoms with Gasteiger partial charge in [-0.25, -0.2) is 13.8 Å². The number of halogens is 1. The number of para-hydroxylation sites is 1. The number of rotatable bonds is 5. The number of phosphoric acid groups is 1. The number of nitrogens with one attached hydrogen (secondary N) is 1. The van der Waals surface area contributed by atoms with E-state index in [1.165, 1.54) is 13.2 Å². The predicted octanol–water partition coefficient (Wildman–Crippen LogP) is -1.53. The van der Waals surface area contributed by atoms with Gasteiger partial charge in [0.1, 0.15) is 41.4 Å². The molecule has 2 aliphatic rings. The lowest BCUT2D eigenvalue weighted by Gasteiger charge is -2.42. The number of methoxy groups -OCH3 is 1. The number of aromatic amines is 1. The average molecular weight is 490 g/mol. The molecule has 1 saturated heterocycles. The number of benzene rings is 1. The van der Waals surface area contributed by atoms with Crippen LogP contribution in [0.2, 0.25) is 0 Å². The Bertz CT molecular complexity index is 1280. The van der Waals surface area contributed by atoms with Gasteiger partial charge in [-0.2, -0.15) is 0 Å². The number of ether oxygens (including phenoxy) is 2. The van der Waals surface area contributed by atoms with Crippen LogP contribution < -0.4 is 20.5 Å². The molecule has 1 aromatic carbocycles. The molecule has 0 spiro atoms. The maximum atomic E-state index is 16.0. The Kier molecular flexibility index (Phi) is 5.91. The number of hydrogen-bond donors (Lipinski definition) is 3. The lowest BCUT2D eigenvalue weighted by atomic mass is 9.59. The molecule has 34 heavy (non-hydrogen) atoms. The SMILES string of the molecule is [B]C([B])(OP1(=O)OCc2cccc(OC)c2O1)[C@@]1(F)O[C@@]([B])(n2ccc(=O)[nH]c2=O)[C@H](O)[C@@H]1O. The van der Waals surface area contributed by atoms with Gasteiger partial charge in [0.15, 0.2) is 11.5 Å². The zero-order valence-electron chi connectivity index (χ0n) is 17.4. The molecular formula is C17H15B3FN2O10P. The van der Waals surface area contributed by atoms with Crippen molar-refractivity contribution in [1.29, 1.82) is 0 Å². The fourth-order valence-electron chi connectivity index (χ4n) is 3.50. The average Bonchev–Trinajstić information content (AvgIpc) is 2.94. The largest absolute Gasteiger partial charge is 0.529 e. The lowest BCUT2D eigenvalue weighted by molar-refractivity contribution is -0.240. The van der Waals surface area contributed by atoms with Crippen LogP contribution in [0.5, 0.6) is 11.5 Å². The molecule has 17 heteroatoms. The standard InChI is InChI=1S/C17H15B3FN2O10P/c1-29-9-4-2-3-8-7-30-34(28,31-11(8)9)33-17(19,20)15(21)12(25)13(26)16(18,32-15)23-6-5-10(24)22-14(23)27/h2-6,12-13,25-26H,7H2,1H3,(H,22,24,27)/t12-,13+,15-,16-,34?/m0/s1. The van der Waals surface area contributed by atoms with Gasteiger partial charge >= 0.3 is 13.5 Å². The van der Waals surface area contributed by atoms with E-state index in [-0.39, 0.29) is 18.1 Å². The molecule has 3 N–H and O–H groups in total. The Labute approximate surface area is 194 Å². The molecule has 0 amide bonds. The van der Waals surface area contributed by atoms with E-state index in [2.05, 4.69) is 0 Å². The minimum absolute atomic E-state index is 0.0517. The summed E-state index contributed by atoms with van der Waals surface area (Å²) in [5.41, 5.74) is -4.47. The smallest absolute Gasteiger partial charge is 0.493 e. The van der Waals surface area contributed by atoms with E-state index in [4.69, 9.17) is 46.6 Å². The highest BCUT2D eigenvalue weighted by Crippen LogP contribution is 2.60. The van der Waals surface area contributed by atoms with Crippen molar-refractivity contribution in [3.05, 3.63) is 56.9 Å². The normalized spacial score (nSPS) is 33.2. The van der Waals surface area contributed by atoms with Crippen LogP contribution in [0.15, 0.2) is 40.1 Å². The highest BCUT2D eigenvalue weighted by molar-refractivity contribution is 7.49. The van der Waals surface area contributed by atoms with E-state index in [0.717, 1.165) is 12.3 Å². The molecule has 2 aliphatic heterocycles. The van der Waals surface area contributed by atoms with E-state index in [0.29, 0.717) is 10.1 Å². The third-order valence-electron chi connectivity index (χ3n) is 5.27. The van der Waals surface area contributed by atoms with Crippen molar-refractivity contribution in [2.45, 2.75) is 35.7 Å². The van der Waals surface area contributed by atoms with Crippen LogP contribution in [0.4, 0.5) is 4.39 Å². The molecule has 1 aromatic heterocycles. The molecule has 1 fully saturated rings. The Morgan fingerprint density at radius 1 is 1.29 bits per heavy atom. The molecule has 0 aliphatic carbocycles. The van der Waals surface area contributed by atoms with Crippen molar-refractivity contribution in [2.24, 2.45) is 0 Å². The van der Waals surface area contributed by atoms with Crippen LogP contribution in [-0.2, 0) is 30.6 Å². The summed E-state index contributed by atoms with van der Waals surface area (Å²) in [6.45, 7) is -0.335. The zero-order chi connectivity index (χ0) is 25.1. The minimum Gasteiger partial charge on any atom is -0.493 e. The van der Waals surface area contributed by atoms with E-state index >= 15 is 4.39 Å². The van der Waals surface area contributed by atoms with Crippen molar-refractivity contribution in [1.82, 2.24) is 9.55 Å². The minimum atomic E-state index is -4.78. The van der Waals surface area contributed by atoms with E-state index in [9.17, 15) is 24.4 Å². The third-order valence-corrected chi connectivity index (χ3v) is 6.65. The molecule has 4 rings (SSSR count). The number of fused-ring (bicyclic) bond motifs is 1. The van der Waals surface area contributed by atoms with Gasteiger partial charge in [0.2, 0.25) is 0 Å². The fourth-order valence-corrected chi connectivity index (χ4v) is 4.87. The van der Waals surface area contributed by atoms with Gasteiger partial charge in [0, 0.05) is 17.8 Å². The van der Waals surface area contributed by atoms with Crippen LogP contribution >= 0.6 is 7.82 Å². The van der Waals surface area contributed by atoms with E-state index < -0.39 is 48.2 Å². The van der Waals surface area contributed by atoms with Gasteiger partial charge in [-0.15, -0.1) is 0 Å². The monoisotopic (exact) mass is 490 g/mol. The second kappa shape index (κ2) is 8.11. The summed E-state index contributed by atoms with van der Waals surface area (Å²) in [6, 6.07) is 5.48. The number of aliphatic hydroxyl groups is 2. The summed E-state index contributed by atoms with van der Waals surface area (Å²) in [5.74, 6) is -3.70. The molecule has 0 saturated carbocycles. The quantitative estimate of drug-likeness (QED) is 0.332. The van der Waals surface area contributed by atoms with Gasteiger partial charge in [0.25, 0.3) is 11.4 Å². The van der Waals surface area contributed by atoms with E-state index in [1.54, 1.807) is 12.1 Å². The Balaban J connectivity index is 1.67. The first-order valence-corrected chi connectivity index (χ1v) is 11.0. The molecule has 5 atom stereocenters. The Hall–Kier alpha value is -2.35. The van der Waals surface area contributed by atoms with E-state index in [1.807, 2.05) is 4.98 Å². The summed E-state index contributed by atoms with van der Waals surface area (Å²) < 4.78 is 54.8. The number of hydrogen-bond acceptors (Lipinski definition) is 10. The number of nitrogens with zero attached hydrogens (tertiary/aromatic N) is 1. The summed E-state index contributed by atoms with van der Waals surface area (Å²) in [7, 11) is 13.8. The summed E-state index contributed by atoms with van der Waals surface area (Å²) >= 11 is 0. The van der Waals surface area contributed by atoms with Crippen LogP contribution in [0.3, 0.4) is 0 Å². The van der Waals surface area contributed by atoms with Crippen molar-refractivity contribution in [3.8, 4) is 11.5 Å². The van der Waals surface area contributed by atoms with Gasteiger partial charge in [-0.3, -0.25) is 23.4 Å². The second-order valence-corrected chi connectivity index (χ2v) is 9.03. The molecule has 0 bridgehead atoms. The molecular weight excluding hydrogens is 475 g/mol. The second-order valence-electron chi connectivity index (χ2n) is 7.51. The summed E-state index contributed by atoms with van der Waals surface area (Å²) in [6.07, 6.45) is -4.26. The van der Waals surface area contributed by atoms with Gasteiger partial charge in [-0.05, 0) is 6.07 Å². The van der Waals surface area contributed by atoms with Crippen LogP contribution in [0.25, 0.3) is 0 Å². The highest BCUT2D eigenvalue weighted by atomic mass is 31.2. The maximum absolute atomic E-state index is 16.0. The number of aliphatic hydroxyl groups excluding tert-OH is 2. The first kappa shape index (κ1) is 24.8. The van der Waals surface area contributed by atoms with Crippen molar-refractivity contribution < 1.29 is 42.2 Å².